The van der Waals surface area contributed by atoms with Gasteiger partial charge in [-0.05, 0) is 61.4 Å². The largest absolute Gasteiger partial charge is 0.488 e. The molecule has 0 spiro atoms. The number of aryl methyl sites for hydroxylation is 2. The molecule has 2 fully saturated rings. The molecule has 238 valence electrons. The zero-order valence-electron chi connectivity index (χ0n) is 24.6. The number of nitrogens with one attached hydrogen (secondary N) is 1. The minimum atomic E-state index is -1.29. The number of hydrogen-bond acceptors (Lipinski definition) is 8. The Bertz CT molecular complexity index is 1320. The van der Waals surface area contributed by atoms with Crippen LogP contribution in [-0.4, -0.2) is 94.3 Å². The number of carboxylic acids is 3. The second-order valence-electron chi connectivity index (χ2n) is 11.5. The number of hydrogen-bond donors (Lipinski definition) is 4. The van der Waals surface area contributed by atoms with E-state index in [-0.39, 0.29) is 18.4 Å². The summed E-state index contributed by atoms with van der Waals surface area (Å²) in [5, 5.41) is 28.5. The van der Waals surface area contributed by atoms with Gasteiger partial charge < -0.3 is 30.1 Å². The first-order valence-electron chi connectivity index (χ1n) is 14.9. The SMILES string of the molecule is O=C(O)/C=C\C(=O)O.O=C(O)C[C@H](CN1CC[C@@](F)(CCc2ccc3c(n2)NCCC3)C1)c1cccc(O[C@H]2CCOC2)c1. The standard InChI is InChI=1S/C28H36FN3O4.C4H4O4/c29-28(10-8-23-7-6-20-4-2-12-30-27(20)31-23)11-13-32(19-28)17-22(16-26(33)34)21-3-1-5-24(15-21)36-25-9-14-35-18-25;5-3(6)1-2-4(7)8/h1,3,5-7,15,22,25H,2,4,8-14,16-19H2,(H,30,31)(H,33,34);1-2H,(H,5,6)(H,7,8)/b;2-1-/t22-,25+,28+;/m1./s1. The van der Waals surface area contributed by atoms with Crippen LogP contribution in [0.25, 0.3) is 0 Å². The van der Waals surface area contributed by atoms with Crippen LogP contribution in [0.2, 0.25) is 0 Å². The number of rotatable bonds is 12. The van der Waals surface area contributed by atoms with E-state index in [0.717, 1.165) is 48.6 Å². The second-order valence-corrected chi connectivity index (χ2v) is 11.5. The fourth-order valence-corrected chi connectivity index (χ4v) is 5.73. The van der Waals surface area contributed by atoms with E-state index in [1.807, 2.05) is 30.3 Å². The fourth-order valence-electron chi connectivity index (χ4n) is 5.73. The molecule has 4 N–H and O–H groups in total. The molecule has 0 radical (unpaired) electrons. The van der Waals surface area contributed by atoms with Crippen molar-refractivity contribution in [1.29, 1.82) is 0 Å². The first-order chi connectivity index (χ1) is 21.1. The van der Waals surface area contributed by atoms with Crippen LogP contribution in [0.3, 0.4) is 0 Å². The molecule has 0 saturated carbocycles. The lowest BCUT2D eigenvalue weighted by Crippen LogP contribution is -2.32. The van der Waals surface area contributed by atoms with E-state index in [1.54, 1.807) is 0 Å². The Kier molecular flexibility index (Phi) is 11.7. The third-order valence-corrected chi connectivity index (χ3v) is 7.95. The van der Waals surface area contributed by atoms with Crippen molar-refractivity contribution in [3.63, 3.8) is 0 Å². The van der Waals surface area contributed by atoms with Crippen LogP contribution in [0.15, 0.2) is 48.6 Å². The lowest BCUT2D eigenvalue weighted by molar-refractivity contribution is -0.137. The van der Waals surface area contributed by atoms with E-state index in [0.29, 0.717) is 64.3 Å². The maximum atomic E-state index is 15.8. The molecule has 1 aromatic heterocycles. The molecule has 2 saturated heterocycles. The zero-order chi connectivity index (χ0) is 31.5. The predicted octanol–water partition coefficient (Wildman–Crippen LogP) is 3.92. The van der Waals surface area contributed by atoms with Crippen LogP contribution in [0.4, 0.5) is 10.2 Å². The smallest absolute Gasteiger partial charge is 0.328 e. The van der Waals surface area contributed by atoms with E-state index < -0.39 is 23.6 Å². The van der Waals surface area contributed by atoms with Gasteiger partial charge in [-0.2, -0.15) is 0 Å². The van der Waals surface area contributed by atoms with Crippen LogP contribution in [-0.2, 0) is 32.0 Å². The summed E-state index contributed by atoms with van der Waals surface area (Å²) in [4.78, 5) is 37.6. The second kappa shape index (κ2) is 15.6. The summed E-state index contributed by atoms with van der Waals surface area (Å²) in [7, 11) is 0. The van der Waals surface area contributed by atoms with Gasteiger partial charge >= 0.3 is 17.9 Å². The summed E-state index contributed by atoms with van der Waals surface area (Å²) in [6.07, 6.45) is 5.64. The number of carbonyl (C=O) groups is 3. The van der Waals surface area contributed by atoms with Crippen LogP contribution in [0.1, 0.15) is 54.8 Å². The first-order valence-corrected chi connectivity index (χ1v) is 14.9. The summed E-state index contributed by atoms with van der Waals surface area (Å²) < 4.78 is 27.2. The average Bonchev–Trinajstić information content (AvgIpc) is 3.64. The highest BCUT2D eigenvalue weighted by Crippen LogP contribution is 2.34. The Morgan fingerprint density at radius 3 is 2.68 bits per heavy atom. The molecule has 3 aliphatic heterocycles. The highest BCUT2D eigenvalue weighted by molar-refractivity contribution is 5.89. The molecule has 44 heavy (non-hydrogen) atoms. The summed E-state index contributed by atoms with van der Waals surface area (Å²) >= 11 is 0. The third-order valence-electron chi connectivity index (χ3n) is 7.95. The van der Waals surface area contributed by atoms with Gasteiger partial charge in [-0.15, -0.1) is 0 Å². The lowest BCUT2D eigenvalue weighted by atomic mass is 9.94. The predicted molar refractivity (Wildman–Crippen MR) is 160 cm³/mol. The lowest BCUT2D eigenvalue weighted by Gasteiger charge is -2.25. The molecule has 11 nitrogen and oxygen atoms in total. The van der Waals surface area contributed by atoms with Crippen molar-refractivity contribution in [3.05, 3.63) is 65.4 Å². The van der Waals surface area contributed by atoms with Crippen molar-refractivity contribution in [3.8, 4) is 5.75 Å². The normalized spacial score (nSPS) is 22.0. The van der Waals surface area contributed by atoms with Gasteiger partial charge in [0.05, 0.1) is 19.6 Å². The number of carboxylic acid groups (broad SMARTS) is 3. The fraction of sp³-hybridized carbons (Fsp3) is 0.500. The number of anilines is 1. The van der Waals surface area contributed by atoms with Crippen LogP contribution in [0, 0.1) is 0 Å². The van der Waals surface area contributed by atoms with Gasteiger partial charge in [-0.25, -0.2) is 19.0 Å². The highest BCUT2D eigenvalue weighted by atomic mass is 19.1. The van der Waals surface area contributed by atoms with Crippen LogP contribution < -0.4 is 10.1 Å². The molecule has 0 amide bonds. The molecule has 1 aromatic carbocycles. The van der Waals surface area contributed by atoms with E-state index >= 15 is 4.39 Å². The van der Waals surface area contributed by atoms with Crippen molar-refractivity contribution in [2.75, 3.05) is 44.7 Å². The number of ether oxygens (including phenoxy) is 2. The number of likely N-dealkylation sites (tertiary alicyclic amines) is 1. The number of halogens is 1. The van der Waals surface area contributed by atoms with Crippen molar-refractivity contribution in [1.82, 2.24) is 9.88 Å². The van der Waals surface area contributed by atoms with Crippen LogP contribution in [0.5, 0.6) is 5.75 Å². The number of nitrogens with zero attached hydrogens (tertiary/aromatic N) is 2. The number of fused-ring (bicyclic) bond motifs is 1. The maximum absolute atomic E-state index is 15.8. The Labute approximate surface area is 255 Å². The van der Waals surface area contributed by atoms with E-state index in [9.17, 15) is 19.5 Å². The zero-order valence-corrected chi connectivity index (χ0v) is 24.6. The van der Waals surface area contributed by atoms with Gasteiger partial charge in [-0.1, -0.05) is 18.2 Å². The highest BCUT2D eigenvalue weighted by Gasteiger charge is 2.39. The maximum Gasteiger partial charge on any atom is 0.328 e. The van der Waals surface area contributed by atoms with Crippen molar-refractivity contribution in [2.24, 2.45) is 0 Å². The molecule has 5 rings (SSSR count). The molecule has 4 heterocycles. The van der Waals surface area contributed by atoms with Crippen LogP contribution >= 0.6 is 0 Å². The molecule has 3 aliphatic rings. The number of aromatic nitrogens is 1. The van der Waals surface area contributed by atoms with Crippen molar-refractivity contribution < 1.29 is 43.6 Å². The van der Waals surface area contributed by atoms with Gasteiger partial charge in [-0.3, -0.25) is 9.69 Å². The molecule has 0 aliphatic carbocycles. The molecule has 0 bridgehead atoms. The van der Waals surface area contributed by atoms with Gasteiger partial charge in [0.2, 0.25) is 0 Å². The number of benzene rings is 1. The number of pyridine rings is 1. The van der Waals surface area contributed by atoms with E-state index in [2.05, 4.69) is 16.3 Å². The molecular formula is C32H40FN3O8. The Morgan fingerprint density at radius 2 is 1.98 bits per heavy atom. The summed E-state index contributed by atoms with van der Waals surface area (Å²) in [5.41, 5.74) is 1.79. The summed E-state index contributed by atoms with van der Waals surface area (Å²) in [6, 6.07) is 11.8. The minimum Gasteiger partial charge on any atom is -0.488 e. The third kappa shape index (κ3) is 10.3. The van der Waals surface area contributed by atoms with Crippen molar-refractivity contribution in [2.45, 2.75) is 62.6 Å². The Balaban J connectivity index is 0.000000488. The molecule has 2 aromatic rings. The molecule has 12 heteroatoms. The summed E-state index contributed by atoms with van der Waals surface area (Å²) in [5.74, 6) is -1.93. The topological polar surface area (TPSA) is 159 Å². The summed E-state index contributed by atoms with van der Waals surface area (Å²) in [6.45, 7) is 3.67. The molecule has 0 unspecified atom stereocenters. The van der Waals surface area contributed by atoms with Gasteiger partial charge in [0.1, 0.15) is 23.3 Å². The van der Waals surface area contributed by atoms with E-state index in [4.69, 9.17) is 24.7 Å². The number of aliphatic carboxylic acids is 3. The minimum absolute atomic E-state index is 0.00216. The average molecular weight is 614 g/mol. The number of alkyl halides is 1. The monoisotopic (exact) mass is 613 g/mol. The molecular weight excluding hydrogens is 573 g/mol. The first kappa shape index (κ1) is 32.9. The van der Waals surface area contributed by atoms with Gasteiger partial charge in [0, 0.05) is 56.4 Å². The quantitative estimate of drug-likeness (QED) is 0.257. The Hall–Kier alpha value is -4.03. The Morgan fingerprint density at radius 1 is 1.18 bits per heavy atom. The van der Waals surface area contributed by atoms with Gasteiger partial charge in [0.15, 0.2) is 0 Å². The van der Waals surface area contributed by atoms with E-state index in [1.165, 1.54) is 5.56 Å². The van der Waals surface area contributed by atoms with Crippen molar-refractivity contribution >= 4 is 23.7 Å². The molecule has 3 atom stereocenters. The van der Waals surface area contributed by atoms with Gasteiger partial charge in [0.25, 0.3) is 0 Å².